The van der Waals surface area contributed by atoms with Gasteiger partial charge in [-0.1, -0.05) is 36.9 Å². The Labute approximate surface area is 116 Å². The molecule has 3 N–H and O–H groups in total. The van der Waals surface area contributed by atoms with Crippen molar-refractivity contribution in [2.24, 2.45) is 0 Å². The van der Waals surface area contributed by atoms with Gasteiger partial charge in [-0.05, 0) is 24.3 Å². The fourth-order valence-corrected chi connectivity index (χ4v) is 0.880. The third-order valence-electron chi connectivity index (χ3n) is 1.78. The standard InChI is InChI=1S/C6H5FO.C6H6O.C3H4O2/c7-5-3-1-2-4-6(5)8;7-6-4-2-1-3-5-6;1-2-3(4)5/h1-4,8H;1-5,7H;2H,1H2,(H,4,5). The number of carboxylic acid groups (broad SMARTS) is 1. The molecule has 0 spiro atoms. The van der Waals surface area contributed by atoms with Crippen LogP contribution in [-0.4, -0.2) is 21.3 Å². The second-order valence-corrected chi connectivity index (χ2v) is 3.33. The van der Waals surface area contributed by atoms with Crippen molar-refractivity contribution < 1.29 is 24.5 Å². The molecule has 0 atom stereocenters. The molecule has 0 unspecified atom stereocenters. The highest BCUT2D eigenvalue weighted by atomic mass is 19.1. The molecule has 0 amide bonds. The van der Waals surface area contributed by atoms with Crippen molar-refractivity contribution >= 4 is 5.97 Å². The predicted octanol–water partition coefficient (Wildman–Crippen LogP) is 3.18. The van der Waals surface area contributed by atoms with E-state index in [1.165, 1.54) is 18.2 Å². The minimum atomic E-state index is -0.981. The predicted molar refractivity (Wildman–Crippen MR) is 74.0 cm³/mol. The molecule has 0 saturated carbocycles. The summed E-state index contributed by atoms with van der Waals surface area (Å²) in [4.78, 5) is 9.25. The van der Waals surface area contributed by atoms with Crippen LogP contribution in [0.15, 0.2) is 67.3 Å². The van der Waals surface area contributed by atoms with Crippen molar-refractivity contribution in [2.75, 3.05) is 0 Å². The molecular weight excluding hydrogens is 263 g/mol. The van der Waals surface area contributed by atoms with Crippen molar-refractivity contribution in [2.45, 2.75) is 0 Å². The van der Waals surface area contributed by atoms with Gasteiger partial charge in [0.25, 0.3) is 0 Å². The summed E-state index contributed by atoms with van der Waals surface area (Å²) in [5.41, 5.74) is 0. The van der Waals surface area contributed by atoms with Gasteiger partial charge in [0, 0.05) is 6.08 Å². The largest absolute Gasteiger partial charge is 0.508 e. The van der Waals surface area contributed by atoms with Crippen molar-refractivity contribution in [3.05, 3.63) is 73.1 Å². The second-order valence-electron chi connectivity index (χ2n) is 3.33. The van der Waals surface area contributed by atoms with Crippen LogP contribution in [0.2, 0.25) is 0 Å². The molecule has 0 heterocycles. The number of hydrogen-bond acceptors (Lipinski definition) is 3. The van der Waals surface area contributed by atoms with Crippen LogP contribution in [0.5, 0.6) is 11.5 Å². The lowest BCUT2D eigenvalue weighted by Gasteiger charge is -1.88. The van der Waals surface area contributed by atoms with Crippen molar-refractivity contribution in [1.29, 1.82) is 0 Å². The number of para-hydroxylation sites is 2. The molecule has 2 aromatic rings. The van der Waals surface area contributed by atoms with Gasteiger partial charge in [0.15, 0.2) is 11.6 Å². The minimum Gasteiger partial charge on any atom is -0.508 e. The Hall–Kier alpha value is -2.82. The number of aromatic hydroxyl groups is 2. The van der Waals surface area contributed by atoms with Crippen LogP contribution < -0.4 is 0 Å². The fourth-order valence-electron chi connectivity index (χ4n) is 0.880. The third kappa shape index (κ3) is 9.23. The SMILES string of the molecule is C=CC(=O)O.Oc1ccccc1.Oc1ccccc1F. The summed E-state index contributed by atoms with van der Waals surface area (Å²) in [6.45, 7) is 2.96. The number of phenols is 2. The quantitative estimate of drug-likeness (QED) is 0.700. The van der Waals surface area contributed by atoms with E-state index in [9.17, 15) is 9.18 Å². The highest BCUT2D eigenvalue weighted by Gasteiger charge is 1.92. The molecule has 4 nitrogen and oxygen atoms in total. The molecular formula is C15H15FO4. The Morgan fingerprint density at radius 3 is 1.70 bits per heavy atom. The van der Waals surface area contributed by atoms with Gasteiger partial charge in [0.2, 0.25) is 0 Å². The van der Waals surface area contributed by atoms with Crippen molar-refractivity contribution in [1.82, 2.24) is 0 Å². The summed E-state index contributed by atoms with van der Waals surface area (Å²) < 4.78 is 12.1. The summed E-state index contributed by atoms with van der Waals surface area (Å²) in [6, 6.07) is 14.3. The maximum absolute atomic E-state index is 12.1. The zero-order valence-electron chi connectivity index (χ0n) is 10.6. The van der Waals surface area contributed by atoms with E-state index in [2.05, 4.69) is 6.58 Å². The molecule has 0 aliphatic carbocycles. The van der Waals surface area contributed by atoms with Crippen molar-refractivity contribution in [3.8, 4) is 11.5 Å². The number of benzene rings is 2. The number of aliphatic carboxylic acids is 1. The van der Waals surface area contributed by atoms with E-state index in [4.69, 9.17) is 15.3 Å². The number of carbonyl (C=O) groups is 1. The minimum absolute atomic E-state index is 0.299. The maximum atomic E-state index is 12.1. The summed E-state index contributed by atoms with van der Waals surface area (Å²) in [5.74, 6) is -1.53. The topological polar surface area (TPSA) is 77.8 Å². The van der Waals surface area contributed by atoms with Gasteiger partial charge < -0.3 is 15.3 Å². The van der Waals surface area contributed by atoms with E-state index in [0.717, 1.165) is 6.08 Å². The molecule has 106 valence electrons. The van der Waals surface area contributed by atoms with Gasteiger partial charge in [0.1, 0.15) is 5.75 Å². The molecule has 5 heteroatoms. The van der Waals surface area contributed by atoms with E-state index in [1.807, 2.05) is 6.07 Å². The van der Waals surface area contributed by atoms with Gasteiger partial charge >= 0.3 is 5.97 Å². The summed E-state index contributed by atoms with van der Waals surface area (Å²) in [5, 5.41) is 24.8. The van der Waals surface area contributed by atoms with Crippen LogP contribution in [0.3, 0.4) is 0 Å². The van der Waals surface area contributed by atoms with E-state index in [1.54, 1.807) is 30.3 Å². The second kappa shape index (κ2) is 10.1. The molecule has 0 saturated heterocycles. The number of hydrogen-bond donors (Lipinski definition) is 3. The Morgan fingerprint density at radius 1 is 1.00 bits per heavy atom. The average Bonchev–Trinajstić information content (AvgIpc) is 2.44. The monoisotopic (exact) mass is 278 g/mol. The summed E-state index contributed by atoms with van der Waals surface area (Å²) in [6.07, 6.45) is 0.833. The van der Waals surface area contributed by atoms with Crippen LogP contribution in [0.25, 0.3) is 0 Å². The lowest BCUT2D eigenvalue weighted by atomic mass is 10.3. The van der Waals surface area contributed by atoms with Crippen LogP contribution in [0.4, 0.5) is 4.39 Å². The van der Waals surface area contributed by atoms with Crippen LogP contribution in [-0.2, 0) is 4.79 Å². The van der Waals surface area contributed by atoms with Crippen LogP contribution >= 0.6 is 0 Å². The van der Waals surface area contributed by atoms with E-state index < -0.39 is 11.8 Å². The maximum Gasteiger partial charge on any atom is 0.327 e. The van der Waals surface area contributed by atoms with Gasteiger partial charge in [0.05, 0.1) is 0 Å². The van der Waals surface area contributed by atoms with E-state index in [0.29, 0.717) is 5.75 Å². The fraction of sp³-hybridized carbons (Fsp3) is 0. The first-order valence-electron chi connectivity index (χ1n) is 5.50. The Balaban J connectivity index is 0.000000280. The van der Waals surface area contributed by atoms with Crippen LogP contribution in [0.1, 0.15) is 0 Å². The molecule has 0 bridgehead atoms. The molecule has 20 heavy (non-hydrogen) atoms. The molecule has 0 aliphatic heterocycles. The molecule has 0 aromatic heterocycles. The molecule has 0 radical (unpaired) electrons. The van der Waals surface area contributed by atoms with Gasteiger partial charge in [-0.3, -0.25) is 0 Å². The normalized spacial score (nSPS) is 8.25. The molecule has 2 rings (SSSR count). The highest BCUT2D eigenvalue weighted by Crippen LogP contribution is 2.11. The number of rotatable bonds is 1. The zero-order chi connectivity index (χ0) is 15.4. The summed E-state index contributed by atoms with van der Waals surface area (Å²) >= 11 is 0. The Kier molecular flexibility index (Phi) is 8.71. The Bertz CT molecular complexity index is 505. The van der Waals surface area contributed by atoms with Gasteiger partial charge in [-0.15, -0.1) is 0 Å². The number of carboxylic acids is 1. The number of phenolic OH excluding ortho intramolecular Hbond substituents is 2. The molecule has 0 fully saturated rings. The first kappa shape index (κ1) is 17.2. The lowest BCUT2D eigenvalue weighted by molar-refractivity contribution is -0.131. The summed E-state index contributed by atoms with van der Waals surface area (Å²) in [7, 11) is 0. The van der Waals surface area contributed by atoms with Gasteiger partial charge in [-0.2, -0.15) is 0 Å². The third-order valence-corrected chi connectivity index (χ3v) is 1.78. The number of halogens is 1. The molecule has 2 aromatic carbocycles. The highest BCUT2D eigenvalue weighted by molar-refractivity contribution is 5.78. The van der Waals surface area contributed by atoms with Crippen molar-refractivity contribution in [3.63, 3.8) is 0 Å². The Morgan fingerprint density at radius 2 is 1.45 bits per heavy atom. The smallest absolute Gasteiger partial charge is 0.327 e. The lowest BCUT2D eigenvalue weighted by Crippen LogP contribution is -1.82. The van der Waals surface area contributed by atoms with Gasteiger partial charge in [-0.25, -0.2) is 9.18 Å². The van der Waals surface area contributed by atoms with Crippen LogP contribution in [0, 0.1) is 5.82 Å². The first-order chi connectivity index (χ1) is 9.47. The first-order valence-corrected chi connectivity index (χ1v) is 5.50. The average molecular weight is 278 g/mol. The van der Waals surface area contributed by atoms with E-state index >= 15 is 0 Å². The van der Waals surface area contributed by atoms with E-state index in [-0.39, 0.29) is 5.75 Å². The molecule has 0 aliphatic rings. The zero-order valence-corrected chi connectivity index (χ0v) is 10.6.